The number of carbonyl (C=O) groups excluding carboxylic acids is 1. The highest BCUT2D eigenvalue weighted by atomic mass is 32.1. The lowest BCUT2D eigenvalue weighted by Gasteiger charge is -2.25. The van der Waals surface area contributed by atoms with Gasteiger partial charge in [-0.3, -0.25) is 14.2 Å². The van der Waals surface area contributed by atoms with E-state index >= 15 is 0 Å². The lowest BCUT2D eigenvalue weighted by atomic mass is 9.95. The number of halogens is 4. The molecule has 49 heavy (non-hydrogen) atoms. The maximum absolute atomic E-state index is 14.2. The minimum absolute atomic E-state index is 0.0913. The highest BCUT2D eigenvalue weighted by Gasteiger charge is 2.32. The Bertz CT molecular complexity index is 2260. The van der Waals surface area contributed by atoms with Crippen molar-refractivity contribution < 1.29 is 36.6 Å². The minimum atomic E-state index is -1.67. The van der Waals surface area contributed by atoms with Crippen LogP contribution >= 0.6 is 11.3 Å². The molecule has 0 fully saturated rings. The van der Waals surface area contributed by atoms with Gasteiger partial charge in [0.2, 0.25) is 11.6 Å². The number of nitrogens with zero attached hydrogens (tertiary/aromatic N) is 2. The van der Waals surface area contributed by atoms with E-state index in [9.17, 15) is 27.2 Å². The fourth-order valence-corrected chi connectivity index (χ4v) is 6.46. The summed E-state index contributed by atoms with van der Waals surface area (Å²) in [5.74, 6) is -7.32. The van der Waals surface area contributed by atoms with Gasteiger partial charge in [-0.05, 0) is 60.5 Å². The number of hydrogen-bond acceptors (Lipinski definition) is 7. The van der Waals surface area contributed by atoms with Gasteiger partial charge < -0.3 is 19.5 Å². The van der Waals surface area contributed by atoms with E-state index in [0.29, 0.717) is 33.1 Å². The number of methoxy groups -OCH3 is 2. The van der Waals surface area contributed by atoms with E-state index < -0.39 is 53.1 Å². The molecule has 1 aromatic heterocycles. The Kier molecular flexibility index (Phi) is 9.36. The molecule has 1 aliphatic rings. The van der Waals surface area contributed by atoms with Crippen molar-refractivity contribution in [3.63, 3.8) is 0 Å². The summed E-state index contributed by atoms with van der Waals surface area (Å²) in [7, 11) is 2.90. The average Bonchev–Trinajstić information content (AvgIpc) is 3.40. The molecule has 0 bridgehead atoms. The summed E-state index contributed by atoms with van der Waals surface area (Å²) < 4.78 is 73.5. The van der Waals surface area contributed by atoms with Crippen LogP contribution in [0, 0.1) is 23.3 Å². The number of anilines is 1. The van der Waals surface area contributed by atoms with Gasteiger partial charge in [-0.15, -0.1) is 0 Å². The van der Waals surface area contributed by atoms with E-state index in [0.717, 1.165) is 11.3 Å². The molecule has 5 aromatic rings. The lowest BCUT2D eigenvalue weighted by molar-refractivity contribution is -0.113. The number of nitrogens with one attached hydrogen (secondary N) is 1. The van der Waals surface area contributed by atoms with Gasteiger partial charge in [0.25, 0.3) is 11.5 Å². The quantitative estimate of drug-likeness (QED) is 0.151. The Labute approximate surface area is 280 Å². The number of para-hydroxylation sites is 1. The molecule has 1 N–H and O–H groups in total. The first-order valence-corrected chi connectivity index (χ1v) is 15.6. The summed E-state index contributed by atoms with van der Waals surface area (Å²) in [6.07, 6.45) is 1.59. The summed E-state index contributed by atoms with van der Waals surface area (Å²) in [5.41, 5.74) is 2.28. The second kappa shape index (κ2) is 13.8. The molecule has 0 spiro atoms. The molecule has 4 aromatic carbocycles. The Morgan fingerprint density at radius 1 is 0.939 bits per heavy atom. The zero-order valence-electron chi connectivity index (χ0n) is 26.2. The number of thiazole rings is 1. The van der Waals surface area contributed by atoms with Gasteiger partial charge >= 0.3 is 0 Å². The Hall–Kier alpha value is -5.69. The third-order valence-electron chi connectivity index (χ3n) is 7.78. The van der Waals surface area contributed by atoms with Crippen LogP contribution in [0.15, 0.2) is 99.9 Å². The van der Waals surface area contributed by atoms with Crippen LogP contribution in [0.3, 0.4) is 0 Å². The SMILES string of the molecule is COc1ccc(C2C(C(=O)Nc3ccccc3)=C(C)N=c3s/c(=C\c4ccc(OC)c(COc5c(F)c(F)cc(F)c5F)c4)c(=O)n32)cc1. The van der Waals surface area contributed by atoms with Gasteiger partial charge in [0, 0.05) is 17.3 Å². The Morgan fingerprint density at radius 3 is 2.29 bits per heavy atom. The normalized spacial score (nSPS) is 14.3. The molecule has 8 nitrogen and oxygen atoms in total. The molecule has 1 atom stereocenters. The van der Waals surface area contributed by atoms with Gasteiger partial charge in [-0.1, -0.05) is 47.7 Å². The highest BCUT2D eigenvalue weighted by molar-refractivity contribution is 7.07. The van der Waals surface area contributed by atoms with Crippen molar-refractivity contribution in [1.29, 1.82) is 0 Å². The second-order valence-corrected chi connectivity index (χ2v) is 11.8. The summed E-state index contributed by atoms with van der Waals surface area (Å²) in [6.45, 7) is 1.19. The van der Waals surface area contributed by atoms with Crippen molar-refractivity contribution in [3.8, 4) is 17.2 Å². The first-order valence-electron chi connectivity index (χ1n) is 14.7. The van der Waals surface area contributed by atoms with Crippen molar-refractivity contribution >= 4 is 29.0 Å². The van der Waals surface area contributed by atoms with Gasteiger partial charge in [-0.25, -0.2) is 13.8 Å². The van der Waals surface area contributed by atoms with E-state index in [2.05, 4.69) is 10.3 Å². The Balaban J connectivity index is 1.41. The van der Waals surface area contributed by atoms with Crippen molar-refractivity contribution in [1.82, 2.24) is 4.57 Å². The van der Waals surface area contributed by atoms with Gasteiger partial charge in [0.15, 0.2) is 22.2 Å². The second-order valence-electron chi connectivity index (χ2n) is 10.8. The van der Waals surface area contributed by atoms with Crippen LogP contribution in [0.1, 0.15) is 29.7 Å². The molecule has 0 saturated carbocycles. The van der Waals surface area contributed by atoms with Crippen LogP contribution in [0.4, 0.5) is 23.2 Å². The molecule has 0 aliphatic carbocycles. The smallest absolute Gasteiger partial charge is 0.271 e. The van der Waals surface area contributed by atoms with Gasteiger partial charge in [0.05, 0.1) is 36.1 Å². The summed E-state index contributed by atoms with van der Waals surface area (Å²) in [6, 6.07) is 20.0. The third kappa shape index (κ3) is 6.57. The molecule has 2 heterocycles. The number of carbonyl (C=O) groups is 1. The first-order chi connectivity index (χ1) is 23.6. The summed E-state index contributed by atoms with van der Waals surface area (Å²) in [5, 5.41) is 2.90. The largest absolute Gasteiger partial charge is 0.497 e. The zero-order chi connectivity index (χ0) is 34.8. The Morgan fingerprint density at radius 2 is 1.63 bits per heavy atom. The number of amides is 1. The topological polar surface area (TPSA) is 91.2 Å². The molecule has 1 amide bonds. The molecule has 0 saturated heterocycles. The van der Waals surface area contributed by atoms with Gasteiger partial charge in [0.1, 0.15) is 18.1 Å². The summed E-state index contributed by atoms with van der Waals surface area (Å²) in [4.78, 5) is 32.9. The van der Waals surface area contributed by atoms with E-state index in [1.165, 1.54) is 18.8 Å². The van der Waals surface area contributed by atoms with Gasteiger partial charge in [-0.2, -0.15) is 8.78 Å². The molecule has 0 radical (unpaired) electrons. The maximum Gasteiger partial charge on any atom is 0.271 e. The van der Waals surface area contributed by atoms with Crippen LogP contribution in [-0.4, -0.2) is 24.7 Å². The highest BCUT2D eigenvalue weighted by Crippen LogP contribution is 2.32. The van der Waals surface area contributed by atoms with Crippen molar-refractivity contribution in [2.24, 2.45) is 4.99 Å². The van der Waals surface area contributed by atoms with Crippen LogP contribution in [-0.2, 0) is 11.4 Å². The van der Waals surface area contributed by atoms with Crippen LogP contribution in [0.2, 0.25) is 0 Å². The monoisotopic (exact) mass is 689 g/mol. The number of allylic oxidation sites excluding steroid dienone is 1. The number of rotatable bonds is 9. The number of hydrogen-bond donors (Lipinski definition) is 1. The van der Waals surface area contributed by atoms with Crippen molar-refractivity contribution in [2.45, 2.75) is 19.6 Å². The number of aromatic nitrogens is 1. The fourth-order valence-electron chi connectivity index (χ4n) is 5.41. The molecule has 1 aliphatic heterocycles. The van der Waals surface area contributed by atoms with Crippen LogP contribution < -0.4 is 34.4 Å². The number of fused-ring (bicyclic) bond motifs is 1. The number of benzene rings is 4. The van der Waals surface area contributed by atoms with E-state index in [4.69, 9.17) is 14.2 Å². The van der Waals surface area contributed by atoms with E-state index in [-0.39, 0.29) is 27.5 Å². The summed E-state index contributed by atoms with van der Waals surface area (Å²) >= 11 is 1.11. The van der Waals surface area contributed by atoms with Crippen LogP contribution in [0.25, 0.3) is 6.08 Å². The number of ether oxygens (including phenoxy) is 3. The van der Waals surface area contributed by atoms with Crippen molar-refractivity contribution in [3.05, 3.63) is 150 Å². The maximum atomic E-state index is 14.2. The molecular formula is C36H27F4N3O5S. The zero-order valence-corrected chi connectivity index (χ0v) is 27.0. The molecule has 13 heteroatoms. The van der Waals surface area contributed by atoms with Crippen LogP contribution in [0.5, 0.6) is 17.2 Å². The molecular weight excluding hydrogens is 662 g/mol. The average molecular weight is 690 g/mol. The van der Waals surface area contributed by atoms with E-state index in [1.54, 1.807) is 79.7 Å². The minimum Gasteiger partial charge on any atom is -0.497 e. The first kappa shape index (κ1) is 33.2. The lowest BCUT2D eigenvalue weighted by Crippen LogP contribution is -2.40. The standard InChI is InChI=1S/C36H27F4N3O5S/c1-19-29(34(44)42-23-7-5-4-6-8-23)32(21-10-12-24(46-2)13-11-21)43-35(45)28(49-36(43)41-19)16-20-9-14-27(47-3)22(15-20)18-48-33-30(39)25(37)17-26(38)31(33)40/h4-17,32H,18H2,1-3H3,(H,42,44)/b28-16-. The molecule has 1 unspecified atom stereocenters. The van der Waals surface area contributed by atoms with Crippen molar-refractivity contribution in [2.75, 3.05) is 19.5 Å². The van der Waals surface area contributed by atoms with E-state index in [1.807, 2.05) is 6.07 Å². The fraction of sp³-hybridized carbons (Fsp3) is 0.139. The predicted molar refractivity (Wildman–Crippen MR) is 175 cm³/mol. The molecule has 250 valence electrons. The molecule has 6 rings (SSSR count). The predicted octanol–water partition coefficient (Wildman–Crippen LogP) is 6.03. The third-order valence-corrected chi connectivity index (χ3v) is 8.76.